The fourth-order valence-corrected chi connectivity index (χ4v) is 2.92. The predicted molar refractivity (Wildman–Crippen MR) is 97.2 cm³/mol. The molecule has 0 aliphatic carbocycles. The Morgan fingerprint density at radius 3 is 2.71 bits per heavy atom. The van der Waals surface area contributed by atoms with Crippen molar-refractivity contribution in [2.45, 2.75) is 13.5 Å². The van der Waals surface area contributed by atoms with Crippen LogP contribution in [0.1, 0.15) is 11.1 Å². The maximum atomic E-state index is 12.4. The number of hydrogen-bond donors (Lipinski definition) is 2. The minimum Gasteiger partial charge on any atom is -0.493 e. The standard InChI is InChI=1S/C15H12ClIN4O3/c1-8-10(7-18)14(23)21(4-5-22)15(24)13(8)20-19-12-3-2-9(17)6-11(12)16/h2-3,6,22-23H,4-5H2,1H3. The Morgan fingerprint density at radius 2 is 2.12 bits per heavy atom. The molecule has 0 amide bonds. The van der Waals surface area contributed by atoms with Crippen molar-refractivity contribution in [2.24, 2.45) is 10.2 Å². The van der Waals surface area contributed by atoms with Crippen molar-refractivity contribution in [1.29, 1.82) is 5.26 Å². The number of halogens is 2. The summed E-state index contributed by atoms with van der Waals surface area (Å²) in [6, 6.07) is 6.97. The Morgan fingerprint density at radius 1 is 1.42 bits per heavy atom. The number of nitrogens with zero attached hydrogens (tertiary/aromatic N) is 4. The molecule has 0 saturated heterocycles. The summed E-state index contributed by atoms with van der Waals surface area (Å²) in [6.07, 6.45) is 0. The lowest BCUT2D eigenvalue weighted by molar-refractivity contribution is 0.263. The summed E-state index contributed by atoms with van der Waals surface area (Å²) >= 11 is 8.17. The summed E-state index contributed by atoms with van der Waals surface area (Å²) in [5.41, 5.74) is -0.252. The molecule has 0 radical (unpaired) electrons. The molecular formula is C15H12ClIN4O3. The van der Waals surface area contributed by atoms with Gasteiger partial charge in [-0.05, 0) is 47.7 Å². The molecular weight excluding hydrogens is 447 g/mol. The fourth-order valence-electron chi connectivity index (χ4n) is 2.03. The number of aliphatic hydroxyl groups is 1. The highest BCUT2D eigenvalue weighted by Crippen LogP contribution is 2.30. The van der Waals surface area contributed by atoms with Crippen molar-refractivity contribution in [3.8, 4) is 11.9 Å². The number of nitriles is 1. The Hall–Kier alpha value is -1.96. The minimum absolute atomic E-state index is 0.0904. The molecule has 9 heteroatoms. The lowest BCUT2D eigenvalue weighted by Crippen LogP contribution is -2.23. The van der Waals surface area contributed by atoms with Crippen LogP contribution < -0.4 is 5.56 Å². The van der Waals surface area contributed by atoms with Gasteiger partial charge in [0.25, 0.3) is 5.56 Å². The van der Waals surface area contributed by atoms with Gasteiger partial charge < -0.3 is 10.2 Å². The van der Waals surface area contributed by atoms with E-state index >= 15 is 0 Å². The van der Waals surface area contributed by atoms with Crippen LogP contribution in [-0.2, 0) is 6.54 Å². The molecule has 0 bridgehead atoms. The third kappa shape index (κ3) is 3.58. The van der Waals surface area contributed by atoms with Gasteiger partial charge in [-0.15, -0.1) is 10.2 Å². The van der Waals surface area contributed by atoms with Gasteiger partial charge in [0, 0.05) is 9.13 Å². The summed E-state index contributed by atoms with van der Waals surface area (Å²) in [7, 11) is 0. The number of aromatic hydroxyl groups is 1. The van der Waals surface area contributed by atoms with E-state index in [1.165, 1.54) is 6.92 Å². The van der Waals surface area contributed by atoms with Gasteiger partial charge in [-0.1, -0.05) is 11.6 Å². The number of hydrogen-bond acceptors (Lipinski definition) is 6. The van der Waals surface area contributed by atoms with Crippen LogP contribution in [0.2, 0.25) is 5.02 Å². The van der Waals surface area contributed by atoms with E-state index < -0.39 is 11.4 Å². The van der Waals surface area contributed by atoms with Gasteiger partial charge in [0.15, 0.2) is 5.69 Å². The molecule has 0 spiro atoms. The van der Waals surface area contributed by atoms with Crippen molar-refractivity contribution < 1.29 is 10.2 Å². The maximum Gasteiger partial charge on any atom is 0.281 e. The van der Waals surface area contributed by atoms with Gasteiger partial charge in [0.2, 0.25) is 5.88 Å². The van der Waals surface area contributed by atoms with E-state index in [1.807, 2.05) is 6.07 Å². The summed E-state index contributed by atoms with van der Waals surface area (Å²) < 4.78 is 1.81. The van der Waals surface area contributed by atoms with Gasteiger partial charge in [0.1, 0.15) is 17.3 Å². The van der Waals surface area contributed by atoms with Crippen LogP contribution in [-0.4, -0.2) is 21.4 Å². The van der Waals surface area contributed by atoms with Crippen molar-refractivity contribution in [3.05, 3.63) is 48.3 Å². The van der Waals surface area contributed by atoms with E-state index in [0.29, 0.717) is 10.7 Å². The van der Waals surface area contributed by atoms with Gasteiger partial charge in [-0.3, -0.25) is 9.36 Å². The van der Waals surface area contributed by atoms with E-state index in [-0.39, 0.29) is 30.0 Å². The third-order valence-electron chi connectivity index (χ3n) is 3.26. The molecule has 0 unspecified atom stereocenters. The Balaban J connectivity index is 2.62. The molecule has 0 atom stereocenters. The molecule has 124 valence electrons. The lowest BCUT2D eigenvalue weighted by Gasteiger charge is -2.11. The first-order valence-corrected chi connectivity index (χ1v) is 8.20. The van der Waals surface area contributed by atoms with Crippen molar-refractivity contribution >= 4 is 45.6 Å². The van der Waals surface area contributed by atoms with E-state index in [4.69, 9.17) is 16.7 Å². The number of pyridine rings is 1. The van der Waals surface area contributed by atoms with Crippen molar-refractivity contribution in [1.82, 2.24) is 4.57 Å². The molecule has 2 aromatic rings. The summed E-state index contributed by atoms with van der Waals surface area (Å²) in [5, 5.41) is 36.5. The van der Waals surface area contributed by atoms with Crippen molar-refractivity contribution in [2.75, 3.05) is 6.61 Å². The van der Waals surface area contributed by atoms with Gasteiger partial charge in [-0.25, -0.2) is 0 Å². The van der Waals surface area contributed by atoms with E-state index in [9.17, 15) is 15.2 Å². The molecule has 24 heavy (non-hydrogen) atoms. The first-order valence-electron chi connectivity index (χ1n) is 6.74. The van der Waals surface area contributed by atoms with Crippen LogP contribution in [0.25, 0.3) is 0 Å². The number of rotatable bonds is 4. The van der Waals surface area contributed by atoms with Gasteiger partial charge >= 0.3 is 0 Å². The largest absolute Gasteiger partial charge is 0.493 e. The zero-order valence-electron chi connectivity index (χ0n) is 12.5. The number of azo groups is 1. The zero-order chi connectivity index (χ0) is 17.9. The number of aliphatic hydroxyl groups excluding tert-OH is 1. The fraction of sp³-hybridized carbons (Fsp3) is 0.200. The van der Waals surface area contributed by atoms with Gasteiger partial charge in [0.05, 0.1) is 18.2 Å². The second-order valence-electron chi connectivity index (χ2n) is 4.76. The predicted octanol–water partition coefficient (Wildman–Crippen LogP) is 3.40. The molecule has 1 aromatic heterocycles. The first kappa shape index (κ1) is 18.4. The average molecular weight is 459 g/mol. The quantitative estimate of drug-likeness (QED) is 0.540. The monoisotopic (exact) mass is 458 g/mol. The topological polar surface area (TPSA) is 111 Å². The zero-order valence-corrected chi connectivity index (χ0v) is 15.4. The lowest BCUT2D eigenvalue weighted by atomic mass is 10.1. The van der Waals surface area contributed by atoms with Crippen LogP contribution in [0.3, 0.4) is 0 Å². The normalized spacial score (nSPS) is 11.0. The molecule has 2 rings (SSSR count). The third-order valence-corrected chi connectivity index (χ3v) is 4.23. The Labute approximate surface area is 156 Å². The summed E-state index contributed by atoms with van der Waals surface area (Å²) in [5.74, 6) is -0.500. The molecule has 0 aliphatic rings. The number of aromatic nitrogens is 1. The molecule has 0 aliphatic heterocycles. The van der Waals surface area contributed by atoms with Crippen molar-refractivity contribution in [3.63, 3.8) is 0 Å². The molecule has 2 N–H and O–H groups in total. The SMILES string of the molecule is Cc1c(C#N)c(O)n(CCO)c(=O)c1N=Nc1ccc(I)cc1Cl. The van der Waals surface area contributed by atoms with Crippen LogP contribution >= 0.6 is 34.2 Å². The molecule has 7 nitrogen and oxygen atoms in total. The van der Waals surface area contributed by atoms with Crippen LogP contribution in [0.4, 0.5) is 11.4 Å². The van der Waals surface area contributed by atoms with E-state index in [1.54, 1.807) is 18.2 Å². The minimum atomic E-state index is -0.650. The second kappa shape index (κ2) is 7.74. The Bertz CT molecular complexity index is 918. The average Bonchev–Trinajstić information content (AvgIpc) is 2.53. The Kier molecular flexibility index (Phi) is 5.93. The maximum absolute atomic E-state index is 12.4. The van der Waals surface area contributed by atoms with Crippen LogP contribution in [0, 0.1) is 21.8 Å². The molecule has 1 aromatic carbocycles. The highest BCUT2D eigenvalue weighted by Gasteiger charge is 2.18. The van der Waals surface area contributed by atoms with E-state index in [0.717, 1.165) is 8.14 Å². The van der Waals surface area contributed by atoms with Crippen LogP contribution in [0.15, 0.2) is 33.2 Å². The van der Waals surface area contributed by atoms with Gasteiger partial charge in [-0.2, -0.15) is 5.26 Å². The van der Waals surface area contributed by atoms with E-state index in [2.05, 4.69) is 32.8 Å². The molecule has 0 fully saturated rings. The second-order valence-corrected chi connectivity index (χ2v) is 6.41. The first-order chi connectivity index (χ1) is 11.4. The highest BCUT2D eigenvalue weighted by molar-refractivity contribution is 14.1. The molecule has 0 saturated carbocycles. The smallest absolute Gasteiger partial charge is 0.281 e. The summed E-state index contributed by atoms with van der Waals surface area (Å²) in [6.45, 7) is 0.959. The molecule has 1 heterocycles. The highest BCUT2D eigenvalue weighted by atomic mass is 127. The summed E-state index contributed by atoms with van der Waals surface area (Å²) in [4.78, 5) is 12.4. The van der Waals surface area contributed by atoms with Crippen LogP contribution in [0.5, 0.6) is 5.88 Å². The number of benzene rings is 1.